The molecule has 1 amide bonds. The van der Waals surface area contributed by atoms with Crippen molar-refractivity contribution in [3.8, 4) is 0 Å². The molecule has 0 aliphatic carbocycles. The maximum absolute atomic E-state index is 13.2. The molecule has 27 heavy (non-hydrogen) atoms. The molecular formula is C20H27ClN4O2. The lowest BCUT2D eigenvalue weighted by molar-refractivity contribution is 0.0783. The number of carbonyl (C=O) groups is 1. The van der Waals surface area contributed by atoms with Crippen molar-refractivity contribution in [1.29, 1.82) is 0 Å². The number of halogens is 1. The number of aryl methyl sites for hydroxylation is 1. The van der Waals surface area contributed by atoms with E-state index in [2.05, 4.69) is 22.3 Å². The van der Waals surface area contributed by atoms with Crippen LogP contribution in [0.3, 0.4) is 0 Å². The average Bonchev–Trinajstić information content (AvgIpc) is 3.12. The maximum atomic E-state index is 13.2. The fourth-order valence-corrected chi connectivity index (χ4v) is 3.93. The Morgan fingerprint density at radius 2 is 1.93 bits per heavy atom. The fraction of sp³-hybridized carbons (Fsp3) is 0.450. The van der Waals surface area contributed by atoms with Gasteiger partial charge in [0.25, 0.3) is 11.5 Å². The van der Waals surface area contributed by atoms with E-state index in [0.717, 1.165) is 11.3 Å². The number of nitrogens with zero attached hydrogens (tertiary/aromatic N) is 2. The number of hydrogen-bond donors (Lipinski definition) is 2. The van der Waals surface area contributed by atoms with Crippen LogP contribution in [0.4, 0.5) is 0 Å². The van der Waals surface area contributed by atoms with Crippen molar-refractivity contribution < 1.29 is 4.79 Å². The molecule has 2 aromatic rings. The van der Waals surface area contributed by atoms with Crippen LogP contribution in [-0.2, 0) is 12.8 Å². The quantitative estimate of drug-likeness (QED) is 0.818. The highest BCUT2D eigenvalue weighted by Crippen LogP contribution is 2.32. The van der Waals surface area contributed by atoms with Gasteiger partial charge in [-0.25, -0.2) is 5.10 Å². The fourth-order valence-electron chi connectivity index (χ4n) is 3.93. The van der Waals surface area contributed by atoms with Gasteiger partial charge in [-0.3, -0.25) is 9.59 Å². The van der Waals surface area contributed by atoms with Crippen molar-refractivity contribution in [2.75, 3.05) is 19.6 Å². The summed E-state index contributed by atoms with van der Waals surface area (Å²) in [7, 11) is 0. The topological polar surface area (TPSA) is 92.1 Å². The summed E-state index contributed by atoms with van der Waals surface area (Å²) in [6.45, 7) is 5.58. The van der Waals surface area contributed by atoms with Crippen LogP contribution in [0.15, 0.2) is 35.1 Å². The van der Waals surface area contributed by atoms with E-state index in [1.165, 1.54) is 5.56 Å². The minimum atomic E-state index is -0.406. The Morgan fingerprint density at radius 1 is 1.22 bits per heavy atom. The summed E-state index contributed by atoms with van der Waals surface area (Å²) >= 11 is 0. The summed E-state index contributed by atoms with van der Waals surface area (Å²) < 4.78 is 0. The minimum absolute atomic E-state index is 0. The lowest BCUT2D eigenvalue weighted by Crippen LogP contribution is -2.36. The lowest BCUT2D eigenvalue weighted by atomic mass is 9.89. The highest BCUT2D eigenvalue weighted by atomic mass is 35.5. The third kappa shape index (κ3) is 4.06. The predicted octanol–water partition coefficient (Wildman–Crippen LogP) is 2.13. The smallest absolute Gasteiger partial charge is 0.277 e. The van der Waals surface area contributed by atoms with Crippen molar-refractivity contribution in [1.82, 2.24) is 15.1 Å². The number of aromatic amines is 1. The zero-order chi connectivity index (χ0) is 18.7. The average molecular weight is 391 g/mol. The molecule has 1 fully saturated rings. The van der Waals surface area contributed by atoms with Crippen LogP contribution in [0.5, 0.6) is 0 Å². The Labute approximate surface area is 165 Å². The molecule has 146 valence electrons. The number of H-pyrrole nitrogens is 1. The molecule has 3 N–H and O–H groups in total. The van der Waals surface area contributed by atoms with Crippen LogP contribution in [0.1, 0.15) is 46.9 Å². The van der Waals surface area contributed by atoms with Crippen LogP contribution < -0.4 is 11.3 Å². The van der Waals surface area contributed by atoms with E-state index in [4.69, 9.17) is 5.73 Å². The number of nitrogens with two attached hydrogens (primary N) is 1. The molecule has 0 unspecified atom stereocenters. The van der Waals surface area contributed by atoms with Crippen molar-refractivity contribution >= 4 is 18.3 Å². The third-order valence-electron chi connectivity index (χ3n) is 5.33. The molecule has 0 bridgehead atoms. The van der Waals surface area contributed by atoms with Gasteiger partial charge in [-0.1, -0.05) is 44.2 Å². The Balaban J connectivity index is 0.00000261. The second-order valence-electron chi connectivity index (χ2n) is 6.78. The molecule has 7 heteroatoms. The van der Waals surface area contributed by atoms with Gasteiger partial charge in [0.2, 0.25) is 0 Å². The zero-order valence-electron chi connectivity index (χ0n) is 15.8. The number of rotatable bonds is 5. The molecule has 1 aromatic heterocycles. The first-order valence-electron chi connectivity index (χ1n) is 9.25. The Kier molecular flexibility index (Phi) is 7.16. The molecule has 0 saturated carbocycles. The van der Waals surface area contributed by atoms with Gasteiger partial charge in [-0.05, 0) is 36.4 Å². The first-order valence-corrected chi connectivity index (χ1v) is 9.25. The molecular weight excluding hydrogens is 364 g/mol. The standard InChI is InChI=1S/C20H26N4O2.ClH/c1-3-15-17(4-2)22-23-19(25)18(15)20(26)24-11-14(10-21)16(12-24)13-8-6-5-7-9-13;/h5-9,14,16H,3-4,10-12,21H2,1-2H3,(H,23,25);1H/t14-,16+;/m1./s1. The van der Waals surface area contributed by atoms with Crippen molar-refractivity contribution in [2.45, 2.75) is 32.6 Å². The number of benzene rings is 1. The molecule has 1 saturated heterocycles. The van der Waals surface area contributed by atoms with E-state index in [0.29, 0.717) is 32.5 Å². The minimum Gasteiger partial charge on any atom is -0.337 e. The summed E-state index contributed by atoms with van der Waals surface area (Å²) in [5.41, 5.74) is 8.54. The van der Waals surface area contributed by atoms with Gasteiger partial charge in [0.15, 0.2) is 0 Å². The molecule has 1 aliphatic rings. The van der Waals surface area contributed by atoms with Crippen LogP contribution in [-0.4, -0.2) is 40.6 Å². The molecule has 3 rings (SSSR count). The summed E-state index contributed by atoms with van der Waals surface area (Å²) in [6.07, 6.45) is 1.29. The largest absolute Gasteiger partial charge is 0.337 e. The number of hydrogen-bond acceptors (Lipinski definition) is 4. The van der Waals surface area contributed by atoms with Gasteiger partial charge >= 0.3 is 0 Å². The molecule has 6 nitrogen and oxygen atoms in total. The van der Waals surface area contributed by atoms with Crippen molar-refractivity contribution in [3.05, 3.63) is 63.1 Å². The molecule has 0 radical (unpaired) electrons. The lowest BCUT2D eigenvalue weighted by Gasteiger charge is -2.18. The third-order valence-corrected chi connectivity index (χ3v) is 5.33. The van der Waals surface area contributed by atoms with Crippen molar-refractivity contribution in [2.24, 2.45) is 11.7 Å². The number of likely N-dealkylation sites (tertiary alicyclic amines) is 1. The van der Waals surface area contributed by atoms with E-state index < -0.39 is 5.56 Å². The normalized spacial score (nSPS) is 19.0. The van der Waals surface area contributed by atoms with Crippen LogP contribution in [0.2, 0.25) is 0 Å². The van der Waals surface area contributed by atoms with E-state index in [9.17, 15) is 9.59 Å². The maximum Gasteiger partial charge on any atom is 0.277 e. The summed E-state index contributed by atoms with van der Waals surface area (Å²) in [6, 6.07) is 10.1. The van der Waals surface area contributed by atoms with E-state index in [1.807, 2.05) is 32.0 Å². The highest BCUT2D eigenvalue weighted by molar-refractivity contribution is 5.95. The molecule has 1 aliphatic heterocycles. The monoisotopic (exact) mass is 390 g/mol. The second-order valence-corrected chi connectivity index (χ2v) is 6.78. The summed E-state index contributed by atoms with van der Waals surface area (Å²) in [4.78, 5) is 27.3. The number of amides is 1. The number of nitrogens with one attached hydrogen (secondary N) is 1. The van der Waals surface area contributed by atoms with Gasteiger partial charge in [0.1, 0.15) is 5.56 Å². The van der Waals surface area contributed by atoms with Crippen molar-refractivity contribution in [3.63, 3.8) is 0 Å². The SMILES string of the molecule is CCc1n[nH]c(=O)c(C(=O)N2C[C@@H](CN)[C@H](c3ccccc3)C2)c1CC.Cl. The molecule has 0 spiro atoms. The number of aromatic nitrogens is 2. The Morgan fingerprint density at radius 3 is 2.52 bits per heavy atom. The molecule has 1 aromatic carbocycles. The predicted molar refractivity (Wildman–Crippen MR) is 108 cm³/mol. The molecule has 2 heterocycles. The highest BCUT2D eigenvalue weighted by Gasteiger charge is 2.37. The van der Waals surface area contributed by atoms with E-state index in [1.54, 1.807) is 4.90 Å². The van der Waals surface area contributed by atoms with Crippen LogP contribution in [0, 0.1) is 5.92 Å². The summed E-state index contributed by atoms with van der Waals surface area (Å²) in [5, 5.41) is 6.59. The summed E-state index contributed by atoms with van der Waals surface area (Å²) in [5.74, 6) is 0.178. The first-order chi connectivity index (χ1) is 12.6. The van der Waals surface area contributed by atoms with Crippen LogP contribution in [0.25, 0.3) is 0 Å². The van der Waals surface area contributed by atoms with Gasteiger partial charge in [-0.2, -0.15) is 5.10 Å². The van der Waals surface area contributed by atoms with E-state index in [-0.39, 0.29) is 35.7 Å². The van der Waals surface area contributed by atoms with Gasteiger partial charge < -0.3 is 10.6 Å². The molecule has 2 atom stereocenters. The van der Waals surface area contributed by atoms with Gasteiger partial charge in [0.05, 0.1) is 5.69 Å². The Hall–Kier alpha value is -2.18. The number of carbonyl (C=O) groups excluding carboxylic acids is 1. The van der Waals surface area contributed by atoms with E-state index >= 15 is 0 Å². The first kappa shape index (κ1) is 21.1. The zero-order valence-corrected chi connectivity index (χ0v) is 16.6. The van der Waals surface area contributed by atoms with Gasteiger partial charge in [-0.15, -0.1) is 12.4 Å². The Bertz CT molecular complexity index is 838. The van der Waals surface area contributed by atoms with Gasteiger partial charge in [0, 0.05) is 19.0 Å². The second kappa shape index (κ2) is 9.15. The van der Waals surface area contributed by atoms with Crippen LogP contribution >= 0.6 is 12.4 Å².